The van der Waals surface area contributed by atoms with E-state index in [0.717, 1.165) is 48.3 Å². The Morgan fingerprint density at radius 3 is 2.42 bits per heavy atom. The molecule has 2 aliphatic heterocycles. The van der Waals surface area contributed by atoms with Gasteiger partial charge in [-0.25, -0.2) is 0 Å². The third-order valence-corrected chi connectivity index (χ3v) is 6.92. The van der Waals surface area contributed by atoms with Gasteiger partial charge in [-0.05, 0) is 48.2 Å². The summed E-state index contributed by atoms with van der Waals surface area (Å²) in [5.41, 5.74) is 3.73. The molecule has 1 N–H and O–H groups in total. The van der Waals surface area contributed by atoms with Crippen LogP contribution in [0.25, 0.3) is 0 Å². The predicted octanol–water partition coefficient (Wildman–Crippen LogP) is 5.53. The third kappa shape index (κ3) is 3.88. The van der Waals surface area contributed by atoms with Crippen LogP contribution in [0.2, 0.25) is 10.0 Å². The average molecular weight is 455 g/mol. The minimum Gasteiger partial charge on any atom is -0.394 e. The summed E-state index contributed by atoms with van der Waals surface area (Å²) in [5.74, 6) is 0. The van der Waals surface area contributed by atoms with Gasteiger partial charge in [0.15, 0.2) is 0 Å². The predicted molar refractivity (Wildman–Crippen MR) is 122 cm³/mol. The van der Waals surface area contributed by atoms with Crippen LogP contribution in [-0.4, -0.2) is 34.7 Å². The van der Waals surface area contributed by atoms with Crippen LogP contribution in [0.4, 0.5) is 0 Å². The molecule has 6 heteroatoms. The van der Waals surface area contributed by atoms with Crippen molar-refractivity contribution in [3.05, 3.63) is 99.3 Å². The summed E-state index contributed by atoms with van der Waals surface area (Å²) in [6.07, 6.45) is 3.22. The van der Waals surface area contributed by atoms with Crippen molar-refractivity contribution in [2.75, 3.05) is 19.7 Å². The number of aliphatic hydroxyl groups is 1. The number of likely N-dealkylation sites (tertiary alicyclic amines) is 1. The van der Waals surface area contributed by atoms with Gasteiger partial charge in [0, 0.05) is 34.9 Å². The molecular weight excluding hydrogens is 431 g/mol. The number of halogens is 2. The fraction of sp³-hybridized carbons (Fsp3) is 0.320. The first-order valence-electron chi connectivity index (χ1n) is 10.6. The highest BCUT2D eigenvalue weighted by Gasteiger charge is 2.49. The lowest BCUT2D eigenvalue weighted by atomic mass is 9.86. The highest BCUT2D eigenvalue weighted by atomic mass is 35.5. The second kappa shape index (κ2) is 8.53. The van der Waals surface area contributed by atoms with Crippen molar-refractivity contribution < 1.29 is 9.84 Å². The molecule has 160 valence electrons. The Morgan fingerprint density at radius 1 is 1.03 bits per heavy atom. The highest BCUT2D eigenvalue weighted by Crippen LogP contribution is 2.51. The summed E-state index contributed by atoms with van der Waals surface area (Å²) < 4.78 is 6.75. The van der Waals surface area contributed by atoms with Gasteiger partial charge in [0.05, 0.1) is 18.3 Å². The number of benzene rings is 2. The Morgan fingerprint density at radius 2 is 1.74 bits per heavy atom. The highest BCUT2D eigenvalue weighted by molar-refractivity contribution is 6.34. The van der Waals surface area contributed by atoms with Crippen LogP contribution < -0.4 is 0 Å². The van der Waals surface area contributed by atoms with Gasteiger partial charge < -0.3 is 9.84 Å². The molecule has 3 aromatic rings. The fourth-order valence-electron chi connectivity index (χ4n) is 4.99. The summed E-state index contributed by atoms with van der Waals surface area (Å²) in [7, 11) is 0. The van der Waals surface area contributed by atoms with E-state index in [0.29, 0.717) is 10.0 Å². The zero-order chi connectivity index (χ0) is 21.4. The molecule has 2 unspecified atom stereocenters. The van der Waals surface area contributed by atoms with E-state index in [4.69, 9.17) is 32.9 Å². The monoisotopic (exact) mass is 454 g/mol. The van der Waals surface area contributed by atoms with Crippen molar-refractivity contribution in [3.8, 4) is 0 Å². The number of aromatic nitrogens is 1. The Balaban J connectivity index is 1.42. The topological polar surface area (TPSA) is 45.6 Å². The molecule has 5 rings (SSSR count). The molecular formula is C25H24Cl2N2O2. The normalized spacial score (nSPS) is 21.2. The molecule has 3 heterocycles. The van der Waals surface area contributed by atoms with E-state index in [1.807, 2.05) is 42.6 Å². The van der Waals surface area contributed by atoms with Crippen LogP contribution in [0.1, 0.15) is 47.4 Å². The Bertz CT molecular complexity index is 1050. The molecule has 2 aliphatic rings. The zero-order valence-corrected chi connectivity index (χ0v) is 18.6. The molecule has 1 fully saturated rings. The van der Waals surface area contributed by atoms with Crippen LogP contribution in [0.5, 0.6) is 0 Å². The summed E-state index contributed by atoms with van der Waals surface area (Å²) in [6.45, 7) is 1.73. The fourth-order valence-corrected chi connectivity index (χ4v) is 5.53. The molecule has 1 spiro atoms. The van der Waals surface area contributed by atoms with Gasteiger partial charge in [-0.2, -0.15) is 0 Å². The van der Waals surface area contributed by atoms with Crippen molar-refractivity contribution in [2.24, 2.45) is 0 Å². The number of nitrogens with zero attached hydrogens (tertiary/aromatic N) is 2. The maximum atomic E-state index is 10.1. The minimum absolute atomic E-state index is 0.00862. The molecule has 31 heavy (non-hydrogen) atoms. The van der Waals surface area contributed by atoms with Crippen LogP contribution in [0.15, 0.2) is 66.9 Å². The van der Waals surface area contributed by atoms with Gasteiger partial charge in [0.2, 0.25) is 0 Å². The van der Waals surface area contributed by atoms with Gasteiger partial charge >= 0.3 is 0 Å². The average Bonchev–Trinajstić information content (AvgIpc) is 3.10. The van der Waals surface area contributed by atoms with E-state index in [1.165, 1.54) is 0 Å². The summed E-state index contributed by atoms with van der Waals surface area (Å²) in [4.78, 5) is 7.09. The van der Waals surface area contributed by atoms with E-state index in [2.05, 4.69) is 23.1 Å². The number of fused-ring (bicyclic) bond motifs is 2. The zero-order valence-electron chi connectivity index (χ0n) is 17.0. The Labute approximate surface area is 192 Å². The van der Waals surface area contributed by atoms with Gasteiger partial charge in [-0.3, -0.25) is 9.88 Å². The number of pyridine rings is 1. The Kier molecular flexibility index (Phi) is 5.76. The number of aliphatic hydroxyl groups excluding tert-OH is 1. The quantitative estimate of drug-likeness (QED) is 0.562. The number of hydrogen-bond donors (Lipinski definition) is 1. The molecule has 2 atom stereocenters. The SMILES string of the molecule is OCC(c1ccccc1)N1CCC2(CC1)OC(c1cc(Cl)cc(Cl)c1)c1cccnc12. The molecule has 1 aromatic heterocycles. The largest absolute Gasteiger partial charge is 0.394 e. The van der Waals surface area contributed by atoms with E-state index in [-0.39, 0.29) is 18.8 Å². The van der Waals surface area contributed by atoms with Gasteiger partial charge in [0.25, 0.3) is 0 Å². The van der Waals surface area contributed by atoms with Crippen LogP contribution >= 0.6 is 23.2 Å². The Hall–Kier alpha value is -1.95. The lowest BCUT2D eigenvalue weighted by Gasteiger charge is -2.42. The molecule has 2 aromatic carbocycles. The van der Waals surface area contributed by atoms with Crippen LogP contribution in [0.3, 0.4) is 0 Å². The maximum Gasteiger partial charge on any atom is 0.114 e. The van der Waals surface area contributed by atoms with Crippen molar-refractivity contribution in [3.63, 3.8) is 0 Å². The molecule has 0 bridgehead atoms. The molecule has 0 radical (unpaired) electrons. The van der Waals surface area contributed by atoms with Crippen molar-refractivity contribution in [2.45, 2.75) is 30.6 Å². The molecule has 4 nitrogen and oxygen atoms in total. The van der Waals surface area contributed by atoms with Gasteiger partial charge in [-0.1, -0.05) is 59.6 Å². The summed E-state index contributed by atoms with van der Waals surface area (Å²) in [6, 6.07) is 19.8. The summed E-state index contributed by atoms with van der Waals surface area (Å²) >= 11 is 12.6. The number of rotatable bonds is 4. The van der Waals surface area contributed by atoms with E-state index in [9.17, 15) is 5.11 Å². The maximum absolute atomic E-state index is 10.1. The first-order chi connectivity index (χ1) is 15.1. The van der Waals surface area contributed by atoms with Crippen LogP contribution in [-0.2, 0) is 10.3 Å². The molecule has 0 saturated carbocycles. The van der Waals surface area contributed by atoms with E-state index < -0.39 is 5.60 Å². The number of piperidine rings is 1. The molecule has 1 saturated heterocycles. The van der Waals surface area contributed by atoms with Crippen molar-refractivity contribution >= 4 is 23.2 Å². The standard InChI is InChI=1S/C25H24Cl2N2O2/c26-19-13-18(14-20(27)15-19)23-21-7-4-10-28-24(21)25(31-23)8-11-29(12-9-25)22(16-30)17-5-2-1-3-6-17/h1-7,10,13-15,22-23,30H,8-9,11-12,16H2. The van der Waals surface area contributed by atoms with Crippen LogP contribution in [0, 0.1) is 0 Å². The van der Waals surface area contributed by atoms with Crippen molar-refractivity contribution in [1.82, 2.24) is 9.88 Å². The first-order valence-corrected chi connectivity index (χ1v) is 11.3. The first kappa shape index (κ1) is 20.9. The van der Waals surface area contributed by atoms with Gasteiger partial charge in [-0.15, -0.1) is 0 Å². The number of ether oxygens (including phenoxy) is 1. The third-order valence-electron chi connectivity index (χ3n) is 6.49. The second-order valence-electron chi connectivity index (χ2n) is 8.28. The lowest BCUT2D eigenvalue weighted by Crippen LogP contribution is -2.45. The smallest absolute Gasteiger partial charge is 0.114 e. The minimum atomic E-state index is -0.441. The van der Waals surface area contributed by atoms with E-state index in [1.54, 1.807) is 6.07 Å². The summed E-state index contributed by atoms with van der Waals surface area (Å²) in [5, 5.41) is 11.3. The lowest BCUT2D eigenvalue weighted by molar-refractivity contribution is -0.106. The van der Waals surface area contributed by atoms with Gasteiger partial charge in [0.1, 0.15) is 11.7 Å². The van der Waals surface area contributed by atoms with E-state index >= 15 is 0 Å². The number of hydrogen-bond acceptors (Lipinski definition) is 4. The van der Waals surface area contributed by atoms with Crippen molar-refractivity contribution in [1.29, 1.82) is 0 Å². The second-order valence-corrected chi connectivity index (χ2v) is 9.15. The molecule has 0 amide bonds. The molecule has 0 aliphatic carbocycles.